The van der Waals surface area contributed by atoms with Crippen LogP contribution < -0.4 is 10.5 Å². The maximum atomic E-state index is 13.2. The third kappa shape index (κ3) is 3.91. The van der Waals surface area contributed by atoms with Crippen LogP contribution in [0.4, 0.5) is 10.1 Å². The Kier molecular flexibility index (Phi) is 5.07. The van der Waals surface area contributed by atoms with Crippen molar-refractivity contribution in [3.05, 3.63) is 24.0 Å². The van der Waals surface area contributed by atoms with E-state index in [9.17, 15) is 17.6 Å². The number of hydrogen-bond acceptors (Lipinski definition) is 5. The first-order valence-corrected chi connectivity index (χ1v) is 7.32. The monoisotopic (exact) mass is 304 g/mol. The summed E-state index contributed by atoms with van der Waals surface area (Å²) in [5, 5.41) is 0. The van der Waals surface area contributed by atoms with E-state index in [0.29, 0.717) is 0 Å². The Bertz CT molecular complexity index is 581. The minimum atomic E-state index is -4.08. The van der Waals surface area contributed by atoms with Crippen molar-refractivity contribution in [2.24, 2.45) is 5.92 Å². The number of esters is 1. The molecule has 0 radical (unpaired) electrons. The number of ether oxygens (including phenoxy) is 1. The van der Waals surface area contributed by atoms with Gasteiger partial charge in [0.15, 0.2) is 0 Å². The van der Waals surface area contributed by atoms with Gasteiger partial charge in [0.2, 0.25) is 10.0 Å². The molecule has 1 unspecified atom stereocenters. The van der Waals surface area contributed by atoms with Crippen LogP contribution in [-0.4, -0.2) is 27.5 Å². The van der Waals surface area contributed by atoms with Gasteiger partial charge in [-0.1, -0.05) is 13.8 Å². The first-order valence-electron chi connectivity index (χ1n) is 5.83. The molecule has 1 aromatic carbocycles. The van der Waals surface area contributed by atoms with Crippen molar-refractivity contribution in [3.63, 3.8) is 0 Å². The summed E-state index contributed by atoms with van der Waals surface area (Å²) in [7, 11) is -2.92. The number of carbonyl (C=O) groups excluding carboxylic acids is 1. The summed E-state index contributed by atoms with van der Waals surface area (Å²) in [5.74, 6) is -1.82. The van der Waals surface area contributed by atoms with Crippen LogP contribution in [0.5, 0.6) is 0 Å². The lowest BCUT2D eigenvalue weighted by Gasteiger charge is -2.19. The molecule has 1 aromatic rings. The molecule has 0 saturated heterocycles. The maximum absolute atomic E-state index is 13.2. The van der Waals surface area contributed by atoms with Crippen LogP contribution in [0.15, 0.2) is 23.1 Å². The normalized spacial score (nSPS) is 13.2. The van der Waals surface area contributed by atoms with Crippen molar-refractivity contribution < 1.29 is 22.3 Å². The van der Waals surface area contributed by atoms with E-state index < -0.39 is 27.9 Å². The first-order chi connectivity index (χ1) is 9.17. The summed E-state index contributed by atoms with van der Waals surface area (Å²) >= 11 is 0. The average Bonchev–Trinajstić information content (AvgIpc) is 2.33. The molecule has 0 fully saturated rings. The molecule has 1 rings (SSSR count). The molecule has 0 bridgehead atoms. The summed E-state index contributed by atoms with van der Waals surface area (Å²) < 4.78 is 44.2. The van der Waals surface area contributed by atoms with Crippen LogP contribution in [0.3, 0.4) is 0 Å². The number of benzene rings is 1. The number of rotatable bonds is 5. The largest absolute Gasteiger partial charge is 0.468 e. The molecule has 0 aromatic heterocycles. The molecule has 112 valence electrons. The van der Waals surface area contributed by atoms with Gasteiger partial charge in [-0.3, -0.25) is 4.79 Å². The average molecular weight is 304 g/mol. The van der Waals surface area contributed by atoms with Gasteiger partial charge in [0.05, 0.1) is 12.0 Å². The van der Waals surface area contributed by atoms with Crippen molar-refractivity contribution in [2.75, 3.05) is 12.8 Å². The third-order valence-corrected chi connectivity index (χ3v) is 4.03. The lowest BCUT2D eigenvalue weighted by atomic mass is 10.1. The number of methoxy groups -OCH3 is 1. The molecule has 0 spiro atoms. The molecule has 0 aliphatic carbocycles. The van der Waals surface area contributed by atoms with Gasteiger partial charge in [-0.25, -0.2) is 12.8 Å². The number of nitrogens with one attached hydrogen (secondary N) is 1. The molecule has 0 amide bonds. The summed E-state index contributed by atoms with van der Waals surface area (Å²) in [6, 6.07) is 1.88. The molecule has 3 N–H and O–H groups in total. The van der Waals surface area contributed by atoms with Crippen molar-refractivity contribution in [1.82, 2.24) is 4.72 Å². The highest BCUT2D eigenvalue weighted by atomic mass is 32.2. The summed E-state index contributed by atoms with van der Waals surface area (Å²) in [4.78, 5) is 11.2. The molecule has 0 aliphatic rings. The van der Waals surface area contributed by atoms with Crippen molar-refractivity contribution in [1.29, 1.82) is 0 Å². The van der Waals surface area contributed by atoms with Crippen molar-refractivity contribution in [3.8, 4) is 0 Å². The lowest BCUT2D eigenvalue weighted by molar-refractivity contribution is -0.143. The lowest BCUT2D eigenvalue weighted by Crippen LogP contribution is -2.44. The number of halogens is 1. The van der Waals surface area contributed by atoms with E-state index >= 15 is 0 Å². The second kappa shape index (κ2) is 6.19. The van der Waals surface area contributed by atoms with Gasteiger partial charge in [0.25, 0.3) is 0 Å². The molecular formula is C12H17FN2O4S. The van der Waals surface area contributed by atoms with E-state index in [1.807, 2.05) is 0 Å². The maximum Gasteiger partial charge on any atom is 0.324 e. The van der Waals surface area contributed by atoms with Crippen LogP contribution >= 0.6 is 0 Å². The first kappa shape index (κ1) is 16.4. The van der Waals surface area contributed by atoms with Crippen molar-refractivity contribution in [2.45, 2.75) is 24.8 Å². The van der Waals surface area contributed by atoms with E-state index in [1.165, 1.54) is 0 Å². The number of anilines is 1. The molecule has 6 nitrogen and oxygen atoms in total. The number of nitrogen functional groups attached to an aromatic ring is 1. The Labute approximate surface area is 117 Å². The van der Waals surface area contributed by atoms with Crippen LogP contribution in [0.25, 0.3) is 0 Å². The van der Waals surface area contributed by atoms with Crippen LogP contribution in [0, 0.1) is 11.7 Å². The summed E-state index contributed by atoms with van der Waals surface area (Å²) in [5.41, 5.74) is 5.39. The Hall–Kier alpha value is -1.67. The van der Waals surface area contributed by atoms with Crippen LogP contribution in [0.2, 0.25) is 0 Å². The molecule has 8 heteroatoms. The van der Waals surface area contributed by atoms with Gasteiger partial charge in [0.1, 0.15) is 11.9 Å². The van der Waals surface area contributed by atoms with Gasteiger partial charge < -0.3 is 10.5 Å². The van der Waals surface area contributed by atoms with Gasteiger partial charge >= 0.3 is 5.97 Å². The van der Waals surface area contributed by atoms with E-state index in [0.717, 1.165) is 25.3 Å². The summed E-state index contributed by atoms with van der Waals surface area (Å²) in [6.45, 7) is 3.31. The van der Waals surface area contributed by atoms with Gasteiger partial charge in [-0.2, -0.15) is 4.72 Å². The topological polar surface area (TPSA) is 98.5 Å². The Balaban J connectivity index is 3.13. The molecule has 0 heterocycles. The van der Waals surface area contributed by atoms with Gasteiger partial charge in [-0.05, 0) is 24.1 Å². The Morgan fingerprint density at radius 1 is 1.35 bits per heavy atom. The fourth-order valence-corrected chi connectivity index (χ4v) is 2.96. The van der Waals surface area contributed by atoms with Gasteiger partial charge in [0, 0.05) is 5.69 Å². The zero-order valence-corrected chi connectivity index (χ0v) is 12.2. The number of carbonyl (C=O) groups is 1. The van der Waals surface area contributed by atoms with E-state index in [2.05, 4.69) is 9.46 Å². The number of nitrogens with two attached hydrogens (primary N) is 1. The smallest absolute Gasteiger partial charge is 0.324 e. The number of hydrogen-bond donors (Lipinski definition) is 2. The quantitative estimate of drug-likeness (QED) is 0.621. The fourth-order valence-electron chi connectivity index (χ4n) is 1.56. The minimum absolute atomic E-state index is 0.0236. The SMILES string of the molecule is COC(=O)C(NS(=O)(=O)c1cc(N)cc(F)c1)C(C)C. The highest BCUT2D eigenvalue weighted by Crippen LogP contribution is 2.17. The highest BCUT2D eigenvalue weighted by molar-refractivity contribution is 7.89. The molecule has 0 saturated carbocycles. The van der Waals surface area contributed by atoms with E-state index in [-0.39, 0.29) is 16.5 Å². The van der Waals surface area contributed by atoms with Crippen molar-refractivity contribution >= 4 is 21.7 Å². The second-order valence-electron chi connectivity index (χ2n) is 4.59. The van der Waals surface area contributed by atoms with Crippen LogP contribution in [0.1, 0.15) is 13.8 Å². The molecule has 1 atom stereocenters. The Morgan fingerprint density at radius 2 is 1.95 bits per heavy atom. The van der Waals surface area contributed by atoms with Gasteiger partial charge in [-0.15, -0.1) is 0 Å². The zero-order chi connectivity index (χ0) is 15.5. The predicted molar refractivity (Wildman–Crippen MR) is 71.8 cm³/mol. The Morgan fingerprint density at radius 3 is 2.40 bits per heavy atom. The molecule has 0 aliphatic heterocycles. The summed E-state index contributed by atoms with van der Waals surface area (Å²) in [6.07, 6.45) is 0. The second-order valence-corrected chi connectivity index (χ2v) is 6.30. The zero-order valence-electron chi connectivity index (χ0n) is 11.4. The number of sulfonamides is 1. The third-order valence-electron chi connectivity index (χ3n) is 2.61. The van der Waals surface area contributed by atoms with Crippen LogP contribution in [-0.2, 0) is 19.6 Å². The molecular weight excluding hydrogens is 287 g/mol. The molecule has 20 heavy (non-hydrogen) atoms. The minimum Gasteiger partial charge on any atom is -0.468 e. The highest BCUT2D eigenvalue weighted by Gasteiger charge is 2.29. The van der Waals surface area contributed by atoms with E-state index in [1.54, 1.807) is 13.8 Å². The predicted octanol–water partition coefficient (Wildman–Crippen LogP) is 0.884. The van der Waals surface area contributed by atoms with E-state index in [4.69, 9.17) is 5.73 Å². The fraction of sp³-hybridized carbons (Fsp3) is 0.417. The standard InChI is InChI=1S/C12H17FN2O4S/c1-7(2)11(12(16)19-3)15-20(17,18)10-5-8(13)4-9(14)6-10/h4-7,11,15H,14H2,1-3H3.